The molecule has 1 nitrogen and oxygen atoms in total. The van der Waals surface area contributed by atoms with E-state index in [0.717, 1.165) is 0 Å². The third-order valence-electron chi connectivity index (χ3n) is 1.88. The topological polar surface area (TPSA) is 26.0 Å². The van der Waals surface area contributed by atoms with Crippen LogP contribution in [-0.2, 0) is 5.67 Å². The first-order valence-electron chi connectivity index (χ1n) is 3.82. The molecule has 0 radical (unpaired) electrons. The van der Waals surface area contributed by atoms with Gasteiger partial charge in [0.05, 0.1) is 0 Å². The predicted octanol–water partition coefficient (Wildman–Crippen LogP) is 2.73. The number of nitrogens with two attached hydrogens (primary N) is 1. The molecule has 1 atom stereocenters. The van der Waals surface area contributed by atoms with Gasteiger partial charge in [0.1, 0.15) is 11.5 Å². The fourth-order valence-corrected chi connectivity index (χ4v) is 1.79. The molecule has 72 valence electrons. The SMILES string of the molecule is CC(F)(CN)c1ccc(F)cc1Br. The van der Waals surface area contributed by atoms with Gasteiger partial charge in [0.15, 0.2) is 0 Å². The van der Waals surface area contributed by atoms with E-state index >= 15 is 0 Å². The molecule has 1 rings (SSSR count). The summed E-state index contributed by atoms with van der Waals surface area (Å²) < 4.78 is 26.7. The van der Waals surface area contributed by atoms with E-state index in [1.807, 2.05) is 0 Å². The molecule has 0 spiro atoms. The predicted molar refractivity (Wildman–Crippen MR) is 51.6 cm³/mol. The molecule has 0 aliphatic carbocycles. The highest BCUT2D eigenvalue weighted by Gasteiger charge is 2.26. The van der Waals surface area contributed by atoms with Crippen molar-refractivity contribution >= 4 is 15.9 Å². The molecule has 0 fully saturated rings. The quantitative estimate of drug-likeness (QED) is 0.858. The molecule has 0 amide bonds. The van der Waals surface area contributed by atoms with E-state index in [4.69, 9.17) is 5.73 Å². The third-order valence-corrected chi connectivity index (χ3v) is 2.53. The molecule has 0 aromatic heterocycles. The lowest BCUT2D eigenvalue weighted by molar-refractivity contribution is 0.202. The van der Waals surface area contributed by atoms with Crippen LogP contribution < -0.4 is 5.73 Å². The summed E-state index contributed by atoms with van der Waals surface area (Å²) in [6.07, 6.45) is 0. The number of hydrogen-bond acceptors (Lipinski definition) is 1. The van der Waals surface area contributed by atoms with Crippen LogP contribution in [0.2, 0.25) is 0 Å². The highest BCUT2D eigenvalue weighted by molar-refractivity contribution is 9.10. The molecule has 0 bridgehead atoms. The Morgan fingerprint density at radius 3 is 2.62 bits per heavy atom. The van der Waals surface area contributed by atoms with Gasteiger partial charge in [0.2, 0.25) is 0 Å². The molecule has 2 N–H and O–H groups in total. The van der Waals surface area contributed by atoms with Crippen molar-refractivity contribution in [3.05, 3.63) is 34.1 Å². The number of rotatable bonds is 2. The summed E-state index contributed by atoms with van der Waals surface area (Å²) in [6.45, 7) is 1.24. The first-order chi connectivity index (χ1) is 5.97. The third kappa shape index (κ3) is 2.25. The Bertz CT molecular complexity index is 312. The standard InChI is InChI=1S/C9H10BrF2N/c1-9(12,5-13)7-3-2-6(11)4-8(7)10/h2-4H,5,13H2,1H3. The monoisotopic (exact) mass is 249 g/mol. The van der Waals surface area contributed by atoms with Crippen LogP contribution in [0.25, 0.3) is 0 Å². The van der Waals surface area contributed by atoms with Crippen LogP contribution in [0, 0.1) is 5.82 Å². The van der Waals surface area contributed by atoms with Crippen LogP contribution in [-0.4, -0.2) is 6.54 Å². The molecule has 0 heterocycles. The Kier molecular flexibility index (Phi) is 3.03. The van der Waals surface area contributed by atoms with E-state index < -0.39 is 11.5 Å². The average molecular weight is 250 g/mol. The van der Waals surface area contributed by atoms with Crippen LogP contribution in [0.3, 0.4) is 0 Å². The minimum Gasteiger partial charge on any atom is -0.327 e. The van der Waals surface area contributed by atoms with Crippen molar-refractivity contribution in [1.82, 2.24) is 0 Å². The van der Waals surface area contributed by atoms with E-state index in [1.165, 1.54) is 25.1 Å². The van der Waals surface area contributed by atoms with Crippen molar-refractivity contribution in [1.29, 1.82) is 0 Å². The van der Waals surface area contributed by atoms with Crippen molar-refractivity contribution in [2.75, 3.05) is 6.54 Å². The van der Waals surface area contributed by atoms with Crippen LogP contribution in [0.4, 0.5) is 8.78 Å². The van der Waals surface area contributed by atoms with Gasteiger partial charge in [0.25, 0.3) is 0 Å². The molecular weight excluding hydrogens is 240 g/mol. The number of hydrogen-bond donors (Lipinski definition) is 1. The molecule has 0 aliphatic heterocycles. The zero-order valence-electron chi connectivity index (χ0n) is 7.15. The second kappa shape index (κ2) is 3.72. The second-order valence-electron chi connectivity index (χ2n) is 3.03. The van der Waals surface area contributed by atoms with Gasteiger partial charge in [0, 0.05) is 16.6 Å². The van der Waals surface area contributed by atoms with Crippen LogP contribution >= 0.6 is 15.9 Å². The lowest BCUT2D eigenvalue weighted by atomic mass is 9.98. The van der Waals surface area contributed by atoms with E-state index in [2.05, 4.69) is 15.9 Å². The lowest BCUT2D eigenvalue weighted by Crippen LogP contribution is -2.27. The second-order valence-corrected chi connectivity index (χ2v) is 3.88. The fourth-order valence-electron chi connectivity index (χ4n) is 1.02. The Labute approximate surface area is 84.1 Å². The molecule has 0 saturated carbocycles. The summed E-state index contributed by atoms with van der Waals surface area (Å²) >= 11 is 3.09. The number of alkyl halides is 1. The van der Waals surface area contributed by atoms with Gasteiger partial charge in [-0.15, -0.1) is 0 Å². The maximum atomic E-state index is 13.7. The lowest BCUT2D eigenvalue weighted by Gasteiger charge is -2.19. The maximum Gasteiger partial charge on any atom is 0.146 e. The smallest absolute Gasteiger partial charge is 0.146 e. The molecular formula is C9H10BrF2N. The molecule has 1 aromatic carbocycles. The average Bonchev–Trinajstić information content (AvgIpc) is 2.03. The minimum atomic E-state index is -1.62. The Morgan fingerprint density at radius 2 is 2.15 bits per heavy atom. The van der Waals surface area contributed by atoms with Gasteiger partial charge in [-0.1, -0.05) is 22.0 Å². The van der Waals surface area contributed by atoms with Gasteiger partial charge in [-0.2, -0.15) is 0 Å². The van der Waals surface area contributed by atoms with Gasteiger partial charge < -0.3 is 5.73 Å². The maximum absolute atomic E-state index is 13.7. The van der Waals surface area contributed by atoms with Crippen molar-refractivity contribution in [2.45, 2.75) is 12.6 Å². The molecule has 4 heteroatoms. The molecule has 13 heavy (non-hydrogen) atoms. The fraction of sp³-hybridized carbons (Fsp3) is 0.333. The number of halogens is 3. The van der Waals surface area contributed by atoms with Gasteiger partial charge in [-0.25, -0.2) is 8.78 Å². The zero-order valence-corrected chi connectivity index (χ0v) is 8.74. The zero-order chi connectivity index (χ0) is 10.1. The minimum absolute atomic E-state index is 0.128. The van der Waals surface area contributed by atoms with Crippen LogP contribution in [0.5, 0.6) is 0 Å². The Hall–Kier alpha value is -0.480. The van der Waals surface area contributed by atoms with E-state index in [1.54, 1.807) is 0 Å². The summed E-state index contributed by atoms with van der Waals surface area (Å²) in [7, 11) is 0. The van der Waals surface area contributed by atoms with Crippen molar-refractivity contribution in [3.63, 3.8) is 0 Å². The summed E-state index contributed by atoms with van der Waals surface area (Å²) in [6, 6.07) is 3.84. The van der Waals surface area contributed by atoms with Crippen molar-refractivity contribution in [2.24, 2.45) is 5.73 Å². The largest absolute Gasteiger partial charge is 0.327 e. The highest BCUT2D eigenvalue weighted by Crippen LogP contribution is 2.31. The summed E-state index contributed by atoms with van der Waals surface area (Å²) in [5.74, 6) is -0.400. The summed E-state index contributed by atoms with van der Waals surface area (Å²) in [4.78, 5) is 0. The highest BCUT2D eigenvalue weighted by atomic mass is 79.9. The normalized spacial score (nSPS) is 15.5. The number of benzene rings is 1. The van der Waals surface area contributed by atoms with Crippen LogP contribution in [0.15, 0.2) is 22.7 Å². The van der Waals surface area contributed by atoms with Crippen molar-refractivity contribution in [3.8, 4) is 0 Å². The van der Waals surface area contributed by atoms with E-state index in [-0.39, 0.29) is 6.54 Å². The Morgan fingerprint density at radius 1 is 1.54 bits per heavy atom. The summed E-state index contributed by atoms with van der Waals surface area (Å²) in [5.41, 5.74) is 4.01. The van der Waals surface area contributed by atoms with E-state index in [9.17, 15) is 8.78 Å². The Balaban J connectivity index is 3.16. The van der Waals surface area contributed by atoms with Crippen molar-refractivity contribution < 1.29 is 8.78 Å². The molecule has 1 aromatic rings. The first kappa shape index (κ1) is 10.6. The van der Waals surface area contributed by atoms with Gasteiger partial charge >= 0.3 is 0 Å². The van der Waals surface area contributed by atoms with E-state index in [0.29, 0.717) is 10.0 Å². The summed E-state index contributed by atoms with van der Waals surface area (Å²) in [5, 5.41) is 0. The molecule has 0 saturated heterocycles. The van der Waals surface area contributed by atoms with Crippen LogP contribution in [0.1, 0.15) is 12.5 Å². The first-order valence-corrected chi connectivity index (χ1v) is 4.61. The van der Waals surface area contributed by atoms with Gasteiger partial charge in [-0.05, 0) is 19.1 Å². The van der Waals surface area contributed by atoms with Gasteiger partial charge in [-0.3, -0.25) is 0 Å². The molecule has 1 unspecified atom stereocenters. The molecule has 0 aliphatic rings.